The molecule has 3 heterocycles. The van der Waals surface area contributed by atoms with Crippen LogP contribution in [0.25, 0.3) is 10.9 Å². The lowest BCUT2D eigenvalue weighted by Crippen LogP contribution is -2.42. The molecule has 0 bridgehead atoms. The highest BCUT2D eigenvalue weighted by molar-refractivity contribution is 5.92. The molecule has 1 aromatic heterocycles. The Bertz CT molecular complexity index is 1620. The zero-order chi connectivity index (χ0) is 24.6. The Morgan fingerprint density at radius 1 is 0.806 bits per heavy atom. The summed E-state index contributed by atoms with van der Waals surface area (Å²) in [6, 6.07) is 17.1. The van der Waals surface area contributed by atoms with E-state index in [-0.39, 0.29) is 19.9 Å². The maximum atomic E-state index is 13.5. The molecule has 0 atom stereocenters. The second kappa shape index (κ2) is 8.81. The van der Waals surface area contributed by atoms with Crippen molar-refractivity contribution in [1.82, 2.24) is 9.13 Å². The summed E-state index contributed by atoms with van der Waals surface area (Å²) in [6.07, 6.45) is 0. The van der Waals surface area contributed by atoms with Crippen LogP contribution < -0.4 is 35.5 Å². The van der Waals surface area contributed by atoms with Gasteiger partial charge in [-0.3, -0.25) is 18.7 Å². The van der Waals surface area contributed by atoms with Crippen molar-refractivity contribution in [3.05, 3.63) is 87.1 Å². The van der Waals surface area contributed by atoms with Gasteiger partial charge in [0.05, 0.1) is 17.4 Å². The molecular formula is C26H21N3O7. The van der Waals surface area contributed by atoms with Crippen LogP contribution in [0.3, 0.4) is 0 Å². The number of hydrogen-bond donors (Lipinski definition) is 1. The molecule has 1 amide bonds. The zero-order valence-electron chi connectivity index (χ0n) is 19.1. The van der Waals surface area contributed by atoms with E-state index in [9.17, 15) is 14.4 Å². The van der Waals surface area contributed by atoms with Crippen LogP contribution in [0.2, 0.25) is 0 Å². The molecule has 0 saturated heterocycles. The van der Waals surface area contributed by atoms with E-state index >= 15 is 0 Å². The standard InChI is InChI=1S/C26H21N3O7/c30-24(27-17-6-8-20-23(12-17)34-10-9-33-20)14-28-19-4-2-1-3-18(19)25(31)29(26(28)32)13-16-5-7-21-22(11-16)36-15-35-21/h1-8,11-12H,9-10,13-15H2,(H,27,30). The molecule has 6 rings (SSSR count). The summed E-state index contributed by atoms with van der Waals surface area (Å²) < 4.78 is 24.3. The van der Waals surface area contributed by atoms with E-state index in [0.717, 1.165) is 4.57 Å². The second-order valence-corrected chi connectivity index (χ2v) is 8.37. The highest BCUT2D eigenvalue weighted by atomic mass is 16.7. The first kappa shape index (κ1) is 21.8. The van der Waals surface area contributed by atoms with Gasteiger partial charge in [-0.1, -0.05) is 18.2 Å². The maximum absolute atomic E-state index is 13.5. The van der Waals surface area contributed by atoms with Crippen molar-refractivity contribution >= 4 is 22.5 Å². The van der Waals surface area contributed by atoms with Crippen LogP contribution in [0.5, 0.6) is 23.0 Å². The number of nitrogens with one attached hydrogen (secondary N) is 1. The van der Waals surface area contributed by atoms with Crippen LogP contribution in [0.1, 0.15) is 5.56 Å². The number of fused-ring (bicyclic) bond motifs is 3. The van der Waals surface area contributed by atoms with Crippen molar-refractivity contribution in [1.29, 1.82) is 0 Å². The summed E-state index contributed by atoms with van der Waals surface area (Å²) >= 11 is 0. The highest BCUT2D eigenvalue weighted by Gasteiger charge is 2.19. The predicted octanol–water partition coefficient (Wildman–Crippen LogP) is 2.35. The SMILES string of the molecule is O=C(Cn1c(=O)n(Cc2ccc3c(c2)OCO3)c(=O)c2ccccc21)Nc1ccc2c(c1)OCCO2. The lowest BCUT2D eigenvalue weighted by atomic mass is 10.2. The number of para-hydroxylation sites is 1. The molecule has 1 N–H and O–H groups in total. The van der Waals surface area contributed by atoms with Crippen LogP contribution in [0, 0.1) is 0 Å². The number of carbonyl (C=O) groups excluding carboxylic acids is 1. The fourth-order valence-electron chi connectivity index (χ4n) is 4.35. The monoisotopic (exact) mass is 487 g/mol. The lowest BCUT2D eigenvalue weighted by Gasteiger charge is -2.19. The number of hydrogen-bond acceptors (Lipinski definition) is 7. The molecule has 3 aromatic carbocycles. The van der Waals surface area contributed by atoms with Gasteiger partial charge in [-0.2, -0.15) is 0 Å². The third kappa shape index (κ3) is 3.92. The summed E-state index contributed by atoms with van der Waals surface area (Å²) in [6.45, 7) is 0.755. The van der Waals surface area contributed by atoms with Gasteiger partial charge in [-0.05, 0) is 42.0 Å². The number of carbonyl (C=O) groups is 1. The van der Waals surface area contributed by atoms with E-state index in [4.69, 9.17) is 18.9 Å². The molecule has 0 unspecified atom stereocenters. The first-order chi connectivity index (χ1) is 17.6. The first-order valence-electron chi connectivity index (χ1n) is 11.4. The van der Waals surface area contributed by atoms with E-state index in [1.807, 2.05) is 0 Å². The van der Waals surface area contributed by atoms with E-state index in [1.54, 1.807) is 60.7 Å². The lowest BCUT2D eigenvalue weighted by molar-refractivity contribution is -0.116. The average Bonchev–Trinajstić information content (AvgIpc) is 3.37. The Labute approximate surface area is 204 Å². The van der Waals surface area contributed by atoms with Crippen molar-refractivity contribution in [3.63, 3.8) is 0 Å². The van der Waals surface area contributed by atoms with Gasteiger partial charge in [-0.15, -0.1) is 0 Å². The normalized spacial score (nSPS) is 13.6. The number of ether oxygens (including phenoxy) is 4. The Balaban J connectivity index is 1.33. The minimum atomic E-state index is -0.589. The van der Waals surface area contributed by atoms with Gasteiger partial charge in [-0.25, -0.2) is 4.79 Å². The van der Waals surface area contributed by atoms with Gasteiger partial charge in [0.25, 0.3) is 5.56 Å². The van der Waals surface area contributed by atoms with Gasteiger partial charge >= 0.3 is 5.69 Å². The summed E-state index contributed by atoms with van der Waals surface area (Å²) in [5.41, 5.74) is 0.563. The van der Waals surface area contributed by atoms with Gasteiger partial charge in [0.2, 0.25) is 12.7 Å². The van der Waals surface area contributed by atoms with Gasteiger partial charge in [0.1, 0.15) is 19.8 Å². The smallest absolute Gasteiger partial charge is 0.332 e. The largest absolute Gasteiger partial charge is 0.486 e. The van der Waals surface area contributed by atoms with Crippen molar-refractivity contribution in [2.24, 2.45) is 0 Å². The maximum Gasteiger partial charge on any atom is 0.332 e. The Hall–Kier alpha value is -4.73. The molecule has 2 aliphatic heterocycles. The summed E-state index contributed by atoms with van der Waals surface area (Å²) in [4.78, 5) is 39.7. The zero-order valence-corrected chi connectivity index (χ0v) is 19.1. The van der Waals surface area contributed by atoms with E-state index in [0.29, 0.717) is 58.4 Å². The van der Waals surface area contributed by atoms with Crippen molar-refractivity contribution in [2.45, 2.75) is 13.1 Å². The topological polar surface area (TPSA) is 110 Å². The fourth-order valence-corrected chi connectivity index (χ4v) is 4.35. The number of rotatable bonds is 5. The molecule has 182 valence electrons. The molecule has 0 radical (unpaired) electrons. The van der Waals surface area contributed by atoms with Crippen LogP contribution in [0.15, 0.2) is 70.3 Å². The van der Waals surface area contributed by atoms with Crippen LogP contribution in [0.4, 0.5) is 5.69 Å². The number of amides is 1. The van der Waals surface area contributed by atoms with E-state index in [2.05, 4.69) is 5.32 Å². The number of nitrogens with zero attached hydrogens (tertiary/aromatic N) is 2. The third-order valence-corrected chi connectivity index (χ3v) is 6.04. The molecule has 0 aliphatic carbocycles. The molecule has 10 nitrogen and oxygen atoms in total. The predicted molar refractivity (Wildman–Crippen MR) is 130 cm³/mol. The van der Waals surface area contributed by atoms with Crippen LogP contribution >= 0.6 is 0 Å². The highest BCUT2D eigenvalue weighted by Crippen LogP contribution is 2.33. The van der Waals surface area contributed by atoms with Gasteiger partial charge in [0.15, 0.2) is 23.0 Å². The molecule has 36 heavy (non-hydrogen) atoms. The molecule has 10 heteroatoms. The summed E-state index contributed by atoms with van der Waals surface area (Å²) in [5.74, 6) is 1.89. The molecule has 0 saturated carbocycles. The molecule has 4 aromatic rings. The van der Waals surface area contributed by atoms with Crippen LogP contribution in [-0.4, -0.2) is 35.0 Å². The van der Waals surface area contributed by atoms with Gasteiger partial charge < -0.3 is 24.3 Å². The number of benzene rings is 3. The van der Waals surface area contributed by atoms with Crippen molar-refractivity contribution in [2.75, 3.05) is 25.3 Å². The molecule has 2 aliphatic rings. The summed E-state index contributed by atoms with van der Waals surface area (Å²) in [7, 11) is 0. The number of aromatic nitrogens is 2. The van der Waals surface area contributed by atoms with Crippen molar-refractivity contribution in [3.8, 4) is 23.0 Å². The van der Waals surface area contributed by atoms with E-state index < -0.39 is 17.2 Å². The second-order valence-electron chi connectivity index (χ2n) is 8.37. The average molecular weight is 487 g/mol. The van der Waals surface area contributed by atoms with Gasteiger partial charge in [0, 0.05) is 11.8 Å². The third-order valence-electron chi connectivity index (χ3n) is 6.04. The molecular weight excluding hydrogens is 466 g/mol. The Morgan fingerprint density at radius 3 is 2.42 bits per heavy atom. The quantitative estimate of drug-likeness (QED) is 0.460. The Kier molecular flexibility index (Phi) is 5.33. The summed E-state index contributed by atoms with van der Waals surface area (Å²) in [5, 5.41) is 3.13. The minimum absolute atomic E-state index is 0.0168. The first-order valence-corrected chi connectivity index (χ1v) is 11.4. The minimum Gasteiger partial charge on any atom is -0.486 e. The van der Waals surface area contributed by atoms with Crippen LogP contribution in [-0.2, 0) is 17.9 Å². The Morgan fingerprint density at radius 2 is 1.53 bits per heavy atom. The molecule has 0 spiro atoms. The van der Waals surface area contributed by atoms with E-state index in [1.165, 1.54) is 4.57 Å². The fraction of sp³-hybridized carbons (Fsp3) is 0.192. The molecule has 0 fully saturated rings. The van der Waals surface area contributed by atoms with Crippen molar-refractivity contribution < 1.29 is 23.7 Å². The number of anilines is 1.